The molecule has 6 nitrogen and oxygen atoms in total. The third kappa shape index (κ3) is 3.42. The summed E-state index contributed by atoms with van der Waals surface area (Å²) in [6, 6.07) is 13.8. The van der Waals surface area contributed by atoms with Crippen molar-refractivity contribution in [3.63, 3.8) is 0 Å². The molecule has 27 heavy (non-hydrogen) atoms. The van der Waals surface area contributed by atoms with E-state index >= 15 is 0 Å². The van der Waals surface area contributed by atoms with E-state index in [1.165, 1.54) is 4.57 Å². The van der Waals surface area contributed by atoms with E-state index in [2.05, 4.69) is 11.9 Å². The molecular weight excluding hydrogens is 344 g/mol. The molecule has 138 valence electrons. The monoisotopic (exact) mass is 364 g/mol. The number of hydrogen-bond acceptors (Lipinski definition) is 4. The maximum absolute atomic E-state index is 12.9. The van der Waals surface area contributed by atoms with Crippen molar-refractivity contribution in [2.45, 2.75) is 13.5 Å². The van der Waals surface area contributed by atoms with Crippen molar-refractivity contribution in [3.05, 3.63) is 77.1 Å². The van der Waals surface area contributed by atoms with Crippen molar-refractivity contribution in [2.24, 2.45) is 0 Å². The van der Waals surface area contributed by atoms with E-state index in [0.29, 0.717) is 28.9 Å². The molecule has 2 N–H and O–H groups in total. The van der Waals surface area contributed by atoms with Crippen molar-refractivity contribution >= 4 is 22.5 Å². The molecule has 0 fully saturated rings. The lowest BCUT2D eigenvalue weighted by Gasteiger charge is -2.15. The molecule has 0 aliphatic heterocycles. The molecule has 0 saturated heterocycles. The Hall–Kier alpha value is -3.54. The first-order valence-electron chi connectivity index (χ1n) is 8.57. The predicted molar refractivity (Wildman–Crippen MR) is 106 cm³/mol. The molecule has 0 atom stereocenters. The molecule has 1 aromatic heterocycles. The van der Waals surface area contributed by atoms with Crippen LogP contribution in [0.3, 0.4) is 0 Å². The topological polar surface area (TPSA) is 80.6 Å². The SMILES string of the molecule is C=CCn1c(=O)c(C(=O)Nc2ccccc2OCC)c(O)c2ccccc21. The maximum atomic E-state index is 12.9. The number of ether oxygens (including phenoxy) is 1. The molecule has 0 spiro atoms. The Bertz CT molecular complexity index is 1070. The van der Waals surface area contributed by atoms with Crippen molar-refractivity contribution < 1.29 is 14.6 Å². The second-order valence-corrected chi connectivity index (χ2v) is 5.83. The van der Waals surface area contributed by atoms with E-state index in [-0.39, 0.29) is 17.9 Å². The highest BCUT2D eigenvalue weighted by Crippen LogP contribution is 2.29. The number of benzene rings is 2. The van der Waals surface area contributed by atoms with Gasteiger partial charge in [0.1, 0.15) is 17.1 Å². The molecule has 3 aromatic rings. The molecule has 0 unspecified atom stereocenters. The fourth-order valence-corrected chi connectivity index (χ4v) is 2.94. The fourth-order valence-electron chi connectivity index (χ4n) is 2.94. The number of pyridine rings is 1. The van der Waals surface area contributed by atoms with Crippen molar-refractivity contribution in [1.82, 2.24) is 4.57 Å². The van der Waals surface area contributed by atoms with E-state index in [4.69, 9.17) is 4.74 Å². The number of aromatic nitrogens is 1. The number of amides is 1. The number of nitrogens with zero attached hydrogens (tertiary/aromatic N) is 1. The van der Waals surface area contributed by atoms with Gasteiger partial charge in [0.25, 0.3) is 11.5 Å². The van der Waals surface area contributed by atoms with E-state index in [1.54, 1.807) is 54.6 Å². The minimum atomic E-state index is -0.701. The first-order valence-corrected chi connectivity index (χ1v) is 8.57. The van der Waals surface area contributed by atoms with Gasteiger partial charge < -0.3 is 19.7 Å². The quantitative estimate of drug-likeness (QED) is 0.656. The van der Waals surface area contributed by atoms with Gasteiger partial charge in [-0.15, -0.1) is 6.58 Å². The van der Waals surface area contributed by atoms with Gasteiger partial charge in [-0.25, -0.2) is 0 Å². The number of rotatable bonds is 6. The highest BCUT2D eigenvalue weighted by atomic mass is 16.5. The molecule has 0 radical (unpaired) electrons. The smallest absolute Gasteiger partial charge is 0.268 e. The Morgan fingerprint density at radius 3 is 2.67 bits per heavy atom. The van der Waals surface area contributed by atoms with Crippen molar-refractivity contribution in [3.8, 4) is 11.5 Å². The molecular formula is C21H20N2O4. The average Bonchev–Trinajstić information content (AvgIpc) is 2.67. The summed E-state index contributed by atoms with van der Waals surface area (Å²) in [6.45, 7) is 6.14. The van der Waals surface area contributed by atoms with Crippen molar-refractivity contribution in [2.75, 3.05) is 11.9 Å². The number of hydrogen-bond donors (Lipinski definition) is 2. The summed E-state index contributed by atoms with van der Waals surface area (Å²) in [5.74, 6) is -0.560. The summed E-state index contributed by atoms with van der Waals surface area (Å²) < 4.78 is 6.90. The zero-order valence-electron chi connectivity index (χ0n) is 14.9. The summed E-state index contributed by atoms with van der Waals surface area (Å²) in [4.78, 5) is 25.7. The number of carbonyl (C=O) groups is 1. The molecule has 2 aromatic carbocycles. The summed E-state index contributed by atoms with van der Waals surface area (Å²) in [6.07, 6.45) is 1.57. The number of fused-ring (bicyclic) bond motifs is 1. The van der Waals surface area contributed by atoms with Crippen LogP contribution in [0.5, 0.6) is 11.5 Å². The Labute approximate surface area is 156 Å². The van der Waals surface area contributed by atoms with Crippen LogP contribution in [0.15, 0.2) is 66.0 Å². The number of para-hydroxylation sites is 3. The largest absolute Gasteiger partial charge is 0.506 e. The van der Waals surface area contributed by atoms with Crippen LogP contribution in [-0.4, -0.2) is 22.2 Å². The summed E-state index contributed by atoms with van der Waals surface area (Å²) >= 11 is 0. The molecule has 6 heteroatoms. The normalized spacial score (nSPS) is 10.6. The lowest BCUT2D eigenvalue weighted by atomic mass is 10.1. The maximum Gasteiger partial charge on any atom is 0.268 e. The van der Waals surface area contributed by atoms with Crippen LogP contribution < -0.4 is 15.6 Å². The van der Waals surface area contributed by atoms with Crippen LogP contribution in [0, 0.1) is 0 Å². The zero-order chi connectivity index (χ0) is 19.4. The molecule has 0 saturated carbocycles. The number of anilines is 1. The van der Waals surface area contributed by atoms with E-state index in [9.17, 15) is 14.7 Å². The molecule has 3 rings (SSSR count). The Morgan fingerprint density at radius 1 is 1.22 bits per heavy atom. The minimum absolute atomic E-state index is 0.218. The second kappa shape index (κ2) is 7.78. The van der Waals surface area contributed by atoms with Gasteiger partial charge in [-0.1, -0.05) is 30.3 Å². The number of carbonyl (C=O) groups excluding carboxylic acids is 1. The van der Waals surface area contributed by atoms with Gasteiger partial charge in [-0.3, -0.25) is 9.59 Å². The van der Waals surface area contributed by atoms with E-state index < -0.39 is 11.5 Å². The lowest BCUT2D eigenvalue weighted by Crippen LogP contribution is -2.29. The van der Waals surface area contributed by atoms with Crippen LogP contribution in [0.2, 0.25) is 0 Å². The highest BCUT2D eigenvalue weighted by molar-refractivity contribution is 6.09. The molecule has 0 aliphatic rings. The standard InChI is InChI=1S/C21H20N2O4/c1-3-13-23-16-11-7-5-9-14(16)19(24)18(21(23)26)20(25)22-15-10-6-8-12-17(15)27-4-2/h3,5-12,24H,1,4,13H2,2H3,(H,22,25). The lowest BCUT2D eigenvalue weighted by molar-refractivity contribution is 0.102. The van der Waals surface area contributed by atoms with Crippen LogP contribution in [-0.2, 0) is 6.54 Å². The number of aromatic hydroxyl groups is 1. The third-order valence-corrected chi connectivity index (χ3v) is 4.12. The van der Waals surface area contributed by atoms with Crippen LogP contribution in [0.4, 0.5) is 5.69 Å². The van der Waals surface area contributed by atoms with Gasteiger partial charge >= 0.3 is 0 Å². The van der Waals surface area contributed by atoms with Gasteiger partial charge in [-0.2, -0.15) is 0 Å². The fraction of sp³-hybridized carbons (Fsp3) is 0.143. The average molecular weight is 364 g/mol. The summed E-state index contributed by atoms with van der Waals surface area (Å²) in [7, 11) is 0. The molecule has 1 amide bonds. The Balaban J connectivity index is 2.13. The third-order valence-electron chi connectivity index (χ3n) is 4.12. The van der Waals surface area contributed by atoms with E-state index in [1.807, 2.05) is 6.92 Å². The predicted octanol–water partition coefficient (Wildman–Crippen LogP) is 3.54. The zero-order valence-corrected chi connectivity index (χ0v) is 14.9. The first-order chi connectivity index (χ1) is 13.1. The van der Waals surface area contributed by atoms with Crippen LogP contribution in [0.1, 0.15) is 17.3 Å². The summed E-state index contributed by atoms with van der Waals surface area (Å²) in [5.41, 5.74) is 0.0529. The first kappa shape index (κ1) is 18.3. The highest BCUT2D eigenvalue weighted by Gasteiger charge is 2.22. The van der Waals surface area contributed by atoms with Gasteiger partial charge in [0.2, 0.25) is 0 Å². The minimum Gasteiger partial charge on any atom is -0.506 e. The van der Waals surface area contributed by atoms with Crippen molar-refractivity contribution in [1.29, 1.82) is 0 Å². The molecule has 0 bridgehead atoms. The second-order valence-electron chi connectivity index (χ2n) is 5.83. The number of nitrogens with one attached hydrogen (secondary N) is 1. The van der Waals surface area contributed by atoms with Gasteiger partial charge in [0, 0.05) is 11.9 Å². The van der Waals surface area contributed by atoms with Gasteiger partial charge in [-0.05, 0) is 31.2 Å². The Morgan fingerprint density at radius 2 is 1.93 bits per heavy atom. The van der Waals surface area contributed by atoms with E-state index in [0.717, 1.165) is 0 Å². The number of allylic oxidation sites excluding steroid dienone is 1. The molecule has 0 aliphatic carbocycles. The van der Waals surface area contributed by atoms with Crippen LogP contribution >= 0.6 is 0 Å². The summed E-state index contributed by atoms with van der Waals surface area (Å²) in [5, 5.41) is 13.7. The molecule has 1 heterocycles. The van der Waals surface area contributed by atoms with Gasteiger partial charge in [0.05, 0.1) is 17.8 Å². The van der Waals surface area contributed by atoms with Gasteiger partial charge in [0.15, 0.2) is 0 Å². The Kier molecular flexibility index (Phi) is 5.26. The van der Waals surface area contributed by atoms with Crippen LogP contribution in [0.25, 0.3) is 10.9 Å².